The van der Waals surface area contributed by atoms with Gasteiger partial charge in [-0.15, -0.1) is 0 Å². The Hall–Kier alpha value is -2.10. The minimum absolute atomic E-state index is 0.0752. The molecule has 1 aliphatic carbocycles. The predicted octanol–water partition coefficient (Wildman–Crippen LogP) is 4.19. The van der Waals surface area contributed by atoms with E-state index in [-0.39, 0.29) is 18.6 Å². The molecule has 0 aliphatic heterocycles. The van der Waals surface area contributed by atoms with E-state index in [0.717, 1.165) is 36.1 Å². The highest BCUT2D eigenvalue weighted by molar-refractivity contribution is 5.80. The van der Waals surface area contributed by atoms with Crippen molar-refractivity contribution in [2.75, 3.05) is 0 Å². The van der Waals surface area contributed by atoms with Crippen molar-refractivity contribution in [2.45, 2.75) is 52.2 Å². The van der Waals surface area contributed by atoms with Crippen molar-refractivity contribution in [3.63, 3.8) is 0 Å². The number of allylic oxidation sites excluding steroid dienone is 1. The average Bonchev–Trinajstić information content (AvgIpc) is 2.85. The lowest BCUT2D eigenvalue weighted by Crippen LogP contribution is -2.26. The zero-order valence-electron chi connectivity index (χ0n) is 13.9. The third-order valence-corrected chi connectivity index (χ3v) is 4.47. The first-order chi connectivity index (χ1) is 11.2. The minimum Gasteiger partial charge on any atom is -0.461 e. The summed E-state index contributed by atoms with van der Waals surface area (Å²) in [5.74, 6) is 1.27. The van der Waals surface area contributed by atoms with E-state index in [1.807, 2.05) is 47.9 Å². The van der Waals surface area contributed by atoms with Crippen molar-refractivity contribution >= 4 is 23.1 Å². The maximum atomic E-state index is 12.4. The summed E-state index contributed by atoms with van der Waals surface area (Å²) < 4.78 is 7.64. The SMILES string of the molecule is C/C=C/c1nc2ccccc2n1CC(=O)OC1CCCC(C)C1. The number of rotatable bonds is 4. The second-order valence-electron chi connectivity index (χ2n) is 6.43. The van der Waals surface area contributed by atoms with Crippen LogP contribution in [0.3, 0.4) is 0 Å². The van der Waals surface area contributed by atoms with Gasteiger partial charge < -0.3 is 9.30 Å². The van der Waals surface area contributed by atoms with E-state index in [0.29, 0.717) is 5.92 Å². The summed E-state index contributed by atoms with van der Waals surface area (Å²) in [6.45, 7) is 4.39. The molecule has 2 unspecified atom stereocenters. The number of benzene rings is 1. The van der Waals surface area contributed by atoms with Crippen molar-refractivity contribution in [3.8, 4) is 0 Å². The lowest BCUT2D eigenvalue weighted by atomic mass is 9.89. The number of hydrogen-bond acceptors (Lipinski definition) is 3. The average molecular weight is 312 g/mol. The molecule has 1 aliphatic rings. The molecule has 0 spiro atoms. The van der Waals surface area contributed by atoms with Crippen LogP contribution in [-0.2, 0) is 16.1 Å². The molecule has 0 amide bonds. The maximum absolute atomic E-state index is 12.4. The molecular formula is C19H24N2O2. The zero-order chi connectivity index (χ0) is 16.2. The second kappa shape index (κ2) is 6.99. The molecule has 1 heterocycles. The van der Waals surface area contributed by atoms with E-state index in [1.165, 1.54) is 6.42 Å². The molecule has 1 fully saturated rings. The molecule has 2 atom stereocenters. The van der Waals surface area contributed by atoms with Gasteiger partial charge in [-0.05, 0) is 50.3 Å². The van der Waals surface area contributed by atoms with Crippen LogP contribution >= 0.6 is 0 Å². The van der Waals surface area contributed by atoms with Crippen molar-refractivity contribution in [2.24, 2.45) is 5.92 Å². The Labute approximate surface area is 137 Å². The first-order valence-corrected chi connectivity index (χ1v) is 8.45. The zero-order valence-corrected chi connectivity index (χ0v) is 13.9. The number of hydrogen-bond donors (Lipinski definition) is 0. The molecule has 122 valence electrons. The summed E-state index contributed by atoms with van der Waals surface area (Å²) in [5, 5.41) is 0. The first kappa shape index (κ1) is 15.8. The smallest absolute Gasteiger partial charge is 0.326 e. The summed E-state index contributed by atoms with van der Waals surface area (Å²) in [4.78, 5) is 17.0. The lowest BCUT2D eigenvalue weighted by molar-refractivity contribution is -0.151. The van der Waals surface area contributed by atoms with Crippen molar-refractivity contribution in [1.29, 1.82) is 0 Å². The first-order valence-electron chi connectivity index (χ1n) is 8.45. The van der Waals surface area contributed by atoms with E-state index in [4.69, 9.17) is 4.74 Å². The lowest BCUT2D eigenvalue weighted by Gasteiger charge is -2.26. The second-order valence-corrected chi connectivity index (χ2v) is 6.43. The Balaban J connectivity index is 1.77. The summed E-state index contributed by atoms with van der Waals surface area (Å²) in [7, 11) is 0. The highest BCUT2D eigenvalue weighted by Crippen LogP contribution is 2.26. The van der Waals surface area contributed by atoms with Gasteiger partial charge in [-0.3, -0.25) is 4.79 Å². The van der Waals surface area contributed by atoms with Crippen LogP contribution in [0.2, 0.25) is 0 Å². The van der Waals surface area contributed by atoms with Gasteiger partial charge in [0.15, 0.2) is 0 Å². The molecule has 4 nitrogen and oxygen atoms in total. The fraction of sp³-hybridized carbons (Fsp3) is 0.474. The number of carbonyl (C=O) groups is 1. The van der Waals surface area contributed by atoms with Crippen molar-refractivity contribution in [1.82, 2.24) is 9.55 Å². The Morgan fingerprint density at radius 2 is 2.22 bits per heavy atom. The van der Waals surface area contributed by atoms with Crippen LogP contribution in [0, 0.1) is 5.92 Å². The Morgan fingerprint density at radius 1 is 1.39 bits per heavy atom. The number of nitrogens with zero attached hydrogens (tertiary/aromatic N) is 2. The van der Waals surface area contributed by atoms with Crippen LogP contribution in [0.5, 0.6) is 0 Å². The fourth-order valence-electron chi connectivity index (χ4n) is 3.37. The largest absolute Gasteiger partial charge is 0.461 e. The van der Waals surface area contributed by atoms with Gasteiger partial charge in [0.2, 0.25) is 0 Å². The van der Waals surface area contributed by atoms with E-state index in [1.54, 1.807) is 0 Å². The van der Waals surface area contributed by atoms with Crippen molar-refractivity contribution in [3.05, 3.63) is 36.2 Å². The van der Waals surface area contributed by atoms with Crippen LogP contribution in [0.1, 0.15) is 45.4 Å². The van der Waals surface area contributed by atoms with Gasteiger partial charge >= 0.3 is 5.97 Å². The number of aromatic nitrogens is 2. The van der Waals surface area contributed by atoms with Crippen LogP contribution in [0.15, 0.2) is 30.3 Å². The third-order valence-electron chi connectivity index (χ3n) is 4.47. The number of carbonyl (C=O) groups excluding carboxylic acids is 1. The van der Waals surface area contributed by atoms with Gasteiger partial charge in [-0.2, -0.15) is 0 Å². The molecule has 0 radical (unpaired) electrons. The van der Waals surface area contributed by atoms with Gasteiger partial charge in [0.1, 0.15) is 18.5 Å². The number of esters is 1. The Bertz CT molecular complexity index is 717. The van der Waals surface area contributed by atoms with Gasteiger partial charge in [0.25, 0.3) is 0 Å². The van der Waals surface area contributed by atoms with Gasteiger partial charge in [-0.1, -0.05) is 31.6 Å². The molecule has 23 heavy (non-hydrogen) atoms. The maximum Gasteiger partial charge on any atom is 0.326 e. The Kier molecular flexibility index (Phi) is 4.79. The van der Waals surface area contributed by atoms with Crippen LogP contribution in [-0.4, -0.2) is 21.6 Å². The molecule has 2 aromatic rings. The standard InChI is InChI=1S/C19H24N2O2/c1-3-7-18-20-16-10-4-5-11-17(16)21(18)13-19(22)23-15-9-6-8-14(2)12-15/h3-5,7,10-11,14-15H,6,8-9,12-13H2,1-2H3/b7-3+. The molecule has 0 bridgehead atoms. The molecule has 4 heteroatoms. The monoisotopic (exact) mass is 312 g/mol. The van der Waals surface area contributed by atoms with Gasteiger partial charge in [0.05, 0.1) is 11.0 Å². The molecule has 1 saturated carbocycles. The van der Waals surface area contributed by atoms with Gasteiger partial charge in [0, 0.05) is 0 Å². The van der Waals surface area contributed by atoms with Crippen LogP contribution in [0.4, 0.5) is 0 Å². The van der Waals surface area contributed by atoms with Crippen LogP contribution in [0.25, 0.3) is 17.1 Å². The topological polar surface area (TPSA) is 44.1 Å². The molecular weight excluding hydrogens is 288 g/mol. The minimum atomic E-state index is -0.169. The predicted molar refractivity (Wildman–Crippen MR) is 92.0 cm³/mol. The summed E-state index contributed by atoms with van der Waals surface area (Å²) in [5.41, 5.74) is 1.87. The van der Waals surface area contributed by atoms with E-state index in [9.17, 15) is 4.79 Å². The number of fused-ring (bicyclic) bond motifs is 1. The highest BCUT2D eigenvalue weighted by Gasteiger charge is 2.23. The fourth-order valence-corrected chi connectivity index (χ4v) is 3.37. The number of ether oxygens (including phenoxy) is 1. The number of imidazole rings is 1. The molecule has 1 aromatic heterocycles. The van der Waals surface area contributed by atoms with E-state index in [2.05, 4.69) is 11.9 Å². The van der Waals surface area contributed by atoms with Crippen molar-refractivity contribution < 1.29 is 9.53 Å². The summed E-state index contributed by atoms with van der Waals surface area (Å²) in [6.07, 6.45) is 8.30. The molecule has 0 N–H and O–H groups in total. The van der Waals surface area contributed by atoms with Crippen LogP contribution < -0.4 is 0 Å². The molecule has 1 aromatic carbocycles. The molecule has 0 saturated heterocycles. The molecule has 3 rings (SSSR count). The van der Waals surface area contributed by atoms with E-state index < -0.39 is 0 Å². The number of para-hydroxylation sites is 2. The summed E-state index contributed by atoms with van der Waals surface area (Å²) >= 11 is 0. The summed E-state index contributed by atoms with van der Waals surface area (Å²) in [6, 6.07) is 7.88. The quantitative estimate of drug-likeness (QED) is 0.795. The normalized spacial score (nSPS) is 21.8. The highest BCUT2D eigenvalue weighted by atomic mass is 16.5. The van der Waals surface area contributed by atoms with E-state index >= 15 is 0 Å². The Morgan fingerprint density at radius 3 is 3.00 bits per heavy atom. The van der Waals surface area contributed by atoms with Gasteiger partial charge in [-0.25, -0.2) is 4.98 Å². The third kappa shape index (κ3) is 3.63.